The summed E-state index contributed by atoms with van der Waals surface area (Å²) < 4.78 is 7.47. The fourth-order valence-electron chi connectivity index (χ4n) is 4.04. The van der Waals surface area contributed by atoms with Crippen LogP contribution in [0.3, 0.4) is 0 Å². The van der Waals surface area contributed by atoms with E-state index in [1.165, 1.54) is 23.1 Å². The Hall–Kier alpha value is -2.67. The van der Waals surface area contributed by atoms with Crippen LogP contribution in [-0.4, -0.2) is 33.9 Å². The normalized spacial score (nSPS) is 15.6. The maximum absolute atomic E-state index is 13.5. The van der Waals surface area contributed by atoms with E-state index < -0.39 is 0 Å². The number of nitrogens with zero attached hydrogens (tertiary/aromatic N) is 3. The van der Waals surface area contributed by atoms with Gasteiger partial charge in [-0.25, -0.2) is 4.98 Å². The Bertz CT molecular complexity index is 1250. The average molecular weight is 483 g/mol. The van der Waals surface area contributed by atoms with Gasteiger partial charge in [-0.3, -0.25) is 14.2 Å². The Morgan fingerprint density at radius 2 is 2.18 bits per heavy atom. The van der Waals surface area contributed by atoms with Gasteiger partial charge < -0.3 is 10.1 Å². The highest BCUT2D eigenvalue weighted by Crippen LogP contribution is 2.30. The summed E-state index contributed by atoms with van der Waals surface area (Å²) in [5, 5.41) is 12.9. The number of amides is 1. The Kier molecular flexibility index (Phi) is 7.48. The number of ether oxygens (including phenoxy) is 1. The number of carbonyl (C=O) groups is 1. The molecule has 33 heavy (non-hydrogen) atoms. The zero-order valence-corrected chi connectivity index (χ0v) is 20.4. The van der Waals surface area contributed by atoms with Gasteiger partial charge >= 0.3 is 0 Å². The maximum atomic E-state index is 13.5. The summed E-state index contributed by atoms with van der Waals surface area (Å²) in [7, 11) is 0. The zero-order valence-electron chi connectivity index (χ0n) is 18.7. The lowest BCUT2D eigenvalue weighted by molar-refractivity contribution is -0.113. The van der Waals surface area contributed by atoms with Gasteiger partial charge in [0.1, 0.15) is 4.83 Å². The van der Waals surface area contributed by atoms with E-state index in [1.54, 1.807) is 16.7 Å². The van der Waals surface area contributed by atoms with Gasteiger partial charge in [-0.1, -0.05) is 30.8 Å². The first kappa shape index (κ1) is 23.5. The maximum Gasteiger partial charge on any atom is 0.263 e. The van der Waals surface area contributed by atoms with E-state index in [1.807, 2.05) is 19.1 Å². The van der Waals surface area contributed by atoms with Gasteiger partial charge in [0.2, 0.25) is 5.91 Å². The largest absolute Gasteiger partial charge is 0.376 e. The molecule has 1 N–H and O–H groups in total. The summed E-state index contributed by atoms with van der Waals surface area (Å²) in [5.41, 5.74) is 2.58. The Morgan fingerprint density at radius 1 is 1.39 bits per heavy atom. The lowest BCUT2D eigenvalue weighted by Gasteiger charge is -2.16. The second-order valence-corrected chi connectivity index (χ2v) is 10.1. The number of aryl methyl sites for hydroxylation is 2. The van der Waals surface area contributed by atoms with E-state index >= 15 is 0 Å². The highest BCUT2D eigenvalue weighted by atomic mass is 32.2. The Balaban J connectivity index is 1.56. The summed E-state index contributed by atoms with van der Waals surface area (Å²) in [6.07, 6.45) is 3.02. The third-order valence-corrected chi connectivity index (χ3v) is 7.71. The van der Waals surface area contributed by atoms with E-state index in [9.17, 15) is 9.59 Å². The molecule has 3 aromatic rings. The van der Waals surface area contributed by atoms with Crippen molar-refractivity contribution in [3.63, 3.8) is 0 Å². The number of thioether (sulfide) groups is 1. The molecule has 1 atom stereocenters. The van der Waals surface area contributed by atoms with Crippen LogP contribution in [0.25, 0.3) is 10.2 Å². The van der Waals surface area contributed by atoms with Crippen molar-refractivity contribution < 1.29 is 9.53 Å². The minimum absolute atomic E-state index is 0.00754. The minimum Gasteiger partial charge on any atom is -0.376 e. The molecule has 1 amide bonds. The van der Waals surface area contributed by atoms with Gasteiger partial charge in [-0.15, -0.1) is 11.3 Å². The smallest absolute Gasteiger partial charge is 0.263 e. The quantitative estimate of drug-likeness (QED) is 0.380. The second kappa shape index (κ2) is 10.5. The number of rotatable bonds is 8. The van der Waals surface area contributed by atoms with Crippen molar-refractivity contribution in [2.24, 2.45) is 0 Å². The molecule has 0 radical (unpaired) electrons. The number of nitrogens with one attached hydrogen (secondary N) is 1. The predicted molar refractivity (Wildman–Crippen MR) is 132 cm³/mol. The number of aromatic nitrogens is 2. The molecular weight excluding hydrogens is 456 g/mol. The molecule has 0 spiro atoms. The van der Waals surface area contributed by atoms with E-state index in [0.717, 1.165) is 40.1 Å². The summed E-state index contributed by atoms with van der Waals surface area (Å²) in [4.78, 5) is 32.7. The van der Waals surface area contributed by atoms with Crippen molar-refractivity contribution in [2.75, 3.05) is 17.7 Å². The molecule has 172 valence electrons. The summed E-state index contributed by atoms with van der Waals surface area (Å²) in [5.74, 6) is -0.0448. The standard InChI is InChI=1S/C24H26N4O3S2/c1-3-19-15(2)33-22-21(19)23(30)28(13-18-5-4-12-31-18)24(27-22)32-14-20(29)26-17-8-6-16(7-9-17)10-11-25/h6-9,18H,3-5,10,12-14H2,1-2H3,(H,26,29)/t18-/m1/s1. The Labute approximate surface area is 200 Å². The van der Waals surface area contributed by atoms with Crippen molar-refractivity contribution in [2.45, 2.75) is 57.3 Å². The van der Waals surface area contributed by atoms with Gasteiger partial charge in [0.05, 0.1) is 36.3 Å². The monoisotopic (exact) mass is 482 g/mol. The zero-order chi connectivity index (χ0) is 23.4. The van der Waals surface area contributed by atoms with Gasteiger partial charge in [0, 0.05) is 17.2 Å². The SMILES string of the molecule is CCc1c(C)sc2nc(SCC(=O)Nc3ccc(CC#N)cc3)n(C[C@H]3CCCO3)c(=O)c12. The summed E-state index contributed by atoms with van der Waals surface area (Å²) in [6, 6.07) is 9.33. The van der Waals surface area contributed by atoms with E-state index in [0.29, 0.717) is 35.8 Å². The number of fused-ring (bicyclic) bond motifs is 1. The molecule has 0 unspecified atom stereocenters. The number of anilines is 1. The molecule has 3 heterocycles. The van der Waals surface area contributed by atoms with Gasteiger partial charge in [0.15, 0.2) is 5.16 Å². The first-order valence-corrected chi connectivity index (χ1v) is 12.8. The van der Waals surface area contributed by atoms with E-state index in [2.05, 4.69) is 18.3 Å². The lowest BCUT2D eigenvalue weighted by atomic mass is 10.1. The van der Waals surface area contributed by atoms with Crippen LogP contribution in [0.2, 0.25) is 0 Å². The molecule has 9 heteroatoms. The molecular formula is C24H26N4O3S2. The fraction of sp³-hybridized carbons (Fsp3) is 0.417. The van der Waals surface area contributed by atoms with Crippen LogP contribution in [0.5, 0.6) is 0 Å². The van der Waals surface area contributed by atoms with Crippen LogP contribution >= 0.6 is 23.1 Å². The average Bonchev–Trinajstić information content (AvgIpc) is 3.43. The van der Waals surface area contributed by atoms with Crippen molar-refractivity contribution in [3.05, 3.63) is 50.6 Å². The van der Waals surface area contributed by atoms with Crippen molar-refractivity contribution in [3.8, 4) is 6.07 Å². The summed E-state index contributed by atoms with van der Waals surface area (Å²) >= 11 is 2.80. The molecule has 2 aromatic heterocycles. The molecule has 1 aliphatic rings. The van der Waals surface area contributed by atoms with Crippen LogP contribution in [0.15, 0.2) is 34.2 Å². The molecule has 1 aromatic carbocycles. The number of thiophene rings is 1. The lowest BCUT2D eigenvalue weighted by Crippen LogP contribution is -2.29. The summed E-state index contributed by atoms with van der Waals surface area (Å²) in [6.45, 7) is 5.24. The first-order chi connectivity index (χ1) is 16.0. The van der Waals surface area contributed by atoms with Crippen LogP contribution in [-0.2, 0) is 28.9 Å². The number of hydrogen-bond acceptors (Lipinski definition) is 7. The van der Waals surface area contributed by atoms with Crippen molar-refractivity contribution in [1.82, 2.24) is 9.55 Å². The third-order valence-electron chi connectivity index (χ3n) is 5.69. The van der Waals surface area contributed by atoms with Crippen LogP contribution in [0.1, 0.15) is 35.8 Å². The van der Waals surface area contributed by atoms with Crippen molar-refractivity contribution >= 4 is 44.9 Å². The molecule has 0 aliphatic carbocycles. The molecule has 4 rings (SSSR count). The fourth-order valence-corrected chi connectivity index (χ4v) is 6.01. The number of benzene rings is 1. The molecule has 1 saturated heterocycles. The van der Waals surface area contributed by atoms with E-state index in [4.69, 9.17) is 15.0 Å². The number of nitriles is 1. The molecule has 7 nitrogen and oxygen atoms in total. The van der Waals surface area contributed by atoms with Crippen LogP contribution in [0, 0.1) is 18.3 Å². The van der Waals surface area contributed by atoms with Crippen LogP contribution in [0.4, 0.5) is 5.69 Å². The number of hydrogen-bond donors (Lipinski definition) is 1. The van der Waals surface area contributed by atoms with Gasteiger partial charge in [-0.2, -0.15) is 5.26 Å². The first-order valence-electron chi connectivity index (χ1n) is 11.0. The molecule has 1 fully saturated rings. The highest BCUT2D eigenvalue weighted by Gasteiger charge is 2.23. The molecule has 0 bridgehead atoms. The Morgan fingerprint density at radius 3 is 2.85 bits per heavy atom. The minimum atomic E-state index is -0.178. The predicted octanol–water partition coefficient (Wildman–Crippen LogP) is 4.30. The van der Waals surface area contributed by atoms with Crippen molar-refractivity contribution in [1.29, 1.82) is 5.26 Å². The van der Waals surface area contributed by atoms with Gasteiger partial charge in [-0.05, 0) is 49.4 Å². The second-order valence-electron chi connectivity index (χ2n) is 7.98. The highest BCUT2D eigenvalue weighted by molar-refractivity contribution is 7.99. The topological polar surface area (TPSA) is 97.0 Å². The van der Waals surface area contributed by atoms with Crippen LogP contribution < -0.4 is 10.9 Å². The third kappa shape index (κ3) is 5.29. The number of carbonyl (C=O) groups excluding carboxylic acids is 1. The van der Waals surface area contributed by atoms with Gasteiger partial charge in [0.25, 0.3) is 5.56 Å². The molecule has 0 saturated carbocycles. The molecule has 1 aliphatic heterocycles. The van der Waals surface area contributed by atoms with E-state index in [-0.39, 0.29) is 23.3 Å².